The van der Waals surface area contributed by atoms with Crippen molar-refractivity contribution < 1.29 is 28.9 Å². The van der Waals surface area contributed by atoms with Gasteiger partial charge >= 0.3 is 0 Å². The Labute approximate surface area is 188 Å². The van der Waals surface area contributed by atoms with E-state index in [1.54, 1.807) is 36.4 Å². The zero-order chi connectivity index (χ0) is 23.1. The molecule has 1 aliphatic heterocycles. The van der Waals surface area contributed by atoms with Crippen molar-refractivity contribution in [2.75, 3.05) is 33.5 Å². The molecule has 0 aromatic heterocycles. The molecule has 3 rings (SSSR count). The van der Waals surface area contributed by atoms with Gasteiger partial charge in [-0.1, -0.05) is 25.1 Å². The molecule has 2 aromatic carbocycles. The van der Waals surface area contributed by atoms with Crippen molar-refractivity contribution in [1.29, 1.82) is 0 Å². The van der Waals surface area contributed by atoms with Crippen molar-refractivity contribution in [3.63, 3.8) is 0 Å². The molecular weight excluding hydrogens is 410 g/mol. The third-order valence-corrected chi connectivity index (χ3v) is 5.19. The van der Waals surface area contributed by atoms with Gasteiger partial charge in [0.2, 0.25) is 0 Å². The van der Waals surface area contributed by atoms with E-state index >= 15 is 0 Å². The number of rotatable bonds is 10. The summed E-state index contributed by atoms with van der Waals surface area (Å²) >= 11 is 0. The SMILES string of the molecule is CCCOc1ccc(/C(O)=C2\C(=O)C(=O)N(CCOC)C2c2ccccc2OCC)cc1. The normalized spacial score (nSPS) is 17.6. The summed E-state index contributed by atoms with van der Waals surface area (Å²) in [5.41, 5.74) is 1.09. The van der Waals surface area contributed by atoms with Crippen molar-refractivity contribution in [2.24, 2.45) is 0 Å². The molecule has 1 aliphatic rings. The lowest BCUT2D eigenvalue weighted by molar-refractivity contribution is -0.140. The van der Waals surface area contributed by atoms with E-state index in [0.29, 0.717) is 35.8 Å². The lowest BCUT2D eigenvalue weighted by Gasteiger charge is -2.26. The molecule has 0 saturated carbocycles. The molecule has 1 heterocycles. The van der Waals surface area contributed by atoms with Gasteiger partial charge in [0, 0.05) is 24.8 Å². The summed E-state index contributed by atoms with van der Waals surface area (Å²) in [6.07, 6.45) is 0.881. The summed E-state index contributed by atoms with van der Waals surface area (Å²) in [5.74, 6) is -0.425. The van der Waals surface area contributed by atoms with Crippen LogP contribution in [-0.2, 0) is 14.3 Å². The number of methoxy groups -OCH3 is 1. The summed E-state index contributed by atoms with van der Waals surface area (Å²) in [5, 5.41) is 11.1. The number of carbonyl (C=O) groups is 2. The van der Waals surface area contributed by atoms with Crippen molar-refractivity contribution in [3.05, 3.63) is 65.2 Å². The number of ether oxygens (including phenoxy) is 3. The first-order chi connectivity index (χ1) is 15.5. The Balaban J connectivity index is 2.10. The Hall–Kier alpha value is -3.32. The van der Waals surface area contributed by atoms with Gasteiger partial charge in [-0.3, -0.25) is 9.59 Å². The minimum Gasteiger partial charge on any atom is -0.507 e. The molecule has 1 fully saturated rings. The molecule has 1 atom stereocenters. The molecule has 0 aliphatic carbocycles. The first-order valence-electron chi connectivity index (χ1n) is 10.8. The number of para-hydroxylation sites is 1. The van der Waals surface area contributed by atoms with Crippen LogP contribution in [0.15, 0.2) is 54.1 Å². The molecule has 32 heavy (non-hydrogen) atoms. The maximum Gasteiger partial charge on any atom is 0.295 e. The summed E-state index contributed by atoms with van der Waals surface area (Å²) in [6.45, 7) is 5.35. The second kappa shape index (κ2) is 10.8. The van der Waals surface area contributed by atoms with Crippen molar-refractivity contribution >= 4 is 17.4 Å². The first kappa shape index (κ1) is 23.3. The Kier molecular flexibility index (Phi) is 7.89. The number of amides is 1. The zero-order valence-corrected chi connectivity index (χ0v) is 18.7. The van der Waals surface area contributed by atoms with Gasteiger partial charge in [-0.15, -0.1) is 0 Å². The monoisotopic (exact) mass is 439 g/mol. The average molecular weight is 440 g/mol. The molecular formula is C25H29NO6. The van der Waals surface area contributed by atoms with Gasteiger partial charge in [0.05, 0.1) is 31.4 Å². The number of benzene rings is 2. The lowest BCUT2D eigenvalue weighted by atomic mass is 9.94. The molecule has 7 heteroatoms. The smallest absolute Gasteiger partial charge is 0.295 e. The highest BCUT2D eigenvalue weighted by Gasteiger charge is 2.46. The zero-order valence-electron chi connectivity index (χ0n) is 18.7. The number of ketones is 1. The van der Waals surface area contributed by atoms with Gasteiger partial charge in [-0.25, -0.2) is 0 Å². The lowest BCUT2D eigenvalue weighted by Crippen LogP contribution is -2.32. The number of carbonyl (C=O) groups excluding carboxylic acids is 2. The quantitative estimate of drug-likeness (QED) is 0.343. The summed E-state index contributed by atoms with van der Waals surface area (Å²) in [7, 11) is 1.53. The molecule has 1 unspecified atom stereocenters. The summed E-state index contributed by atoms with van der Waals surface area (Å²) in [6, 6.07) is 13.3. The van der Waals surface area contributed by atoms with Crippen LogP contribution in [0.1, 0.15) is 37.4 Å². The van der Waals surface area contributed by atoms with E-state index < -0.39 is 17.7 Å². The van der Waals surface area contributed by atoms with Crippen molar-refractivity contribution in [3.8, 4) is 11.5 Å². The van der Waals surface area contributed by atoms with Crippen LogP contribution in [0.4, 0.5) is 0 Å². The van der Waals surface area contributed by atoms with Gasteiger partial charge in [-0.05, 0) is 43.7 Å². The van der Waals surface area contributed by atoms with E-state index in [-0.39, 0.29) is 24.5 Å². The molecule has 0 bridgehead atoms. The van der Waals surface area contributed by atoms with Gasteiger partial charge in [0.15, 0.2) is 0 Å². The first-order valence-corrected chi connectivity index (χ1v) is 10.8. The van der Waals surface area contributed by atoms with Gasteiger partial charge in [0.1, 0.15) is 17.3 Å². The third kappa shape index (κ3) is 4.78. The maximum absolute atomic E-state index is 13.0. The highest BCUT2D eigenvalue weighted by atomic mass is 16.5. The minimum atomic E-state index is -0.788. The predicted octanol–water partition coefficient (Wildman–Crippen LogP) is 3.94. The van der Waals surface area contributed by atoms with E-state index in [4.69, 9.17) is 14.2 Å². The number of likely N-dealkylation sites (tertiary alicyclic amines) is 1. The highest BCUT2D eigenvalue weighted by Crippen LogP contribution is 2.42. The Morgan fingerprint density at radius 2 is 1.72 bits per heavy atom. The van der Waals surface area contributed by atoms with Gasteiger partial charge in [0.25, 0.3) is 11.7 Å². The molecule has 1 saturated heterocycles. The van der Waals surface area contributed by atoms with E-state index in [0.717, 1.165) is 6.42 Å². The van der Waals surface area contributed by atoms with E-state index in [1.807, 2.05) is 26.0 Å². The van der Waals surface area contributed by atoms with Crippen LogP contribution in [0.2, 0.25) is 0 Å². The topological polar surface area (TPSA) is 85.3 Å². The maximum atomic E-state index is 13.0. The second-order valence-corrected chi connectivity index (χ2v) is 7.33. The van der Waals surface area contributed by atoms with Crippen LogP contribution >= 0.6 is 0 Å². The summed E-state index contributed by atoms with van der Waals surface area (Å²) < 4.78 is 16.5. The molecule has 2 aromatic rings. The minimum absolute atomic E-state index is 0.0282. The predicted molar refractivity (Wildman–Crippen MR) is 121 cm³/mol. The van der Waals surface area contributed by atoms with Crippen LogP contribution < -0.4 is 9.47 Å². The molecule has 0 spiro atoms. The van der Waals surface area contributed by atoms with E-state index in [1.165, 1.54) is 12.0 Å². The van der Waals surface area contributed by atoms with Crippen LogP contribution in [0.5, 0.6) is 11.5 Å². The second-order valence-electron chi connectivity index (χ2n) is 7.33. The number of nitrogens with zero attached hydrogens (tertiary/aromatic N) is 1. The van der Waals surface area contributed by atoms with Gasteiger partial charge in [-0.2, -0.15) is 0 Å². The number of aliphatic hydroxyl groups is 1. The Bertz CT molecular complexity index is 982. The Morgan fingerprint density at radius 3 is 2.38 bits per heavy atom. The van der Waals surface area contributed by atoms with Crippen LogP contribution in [-0.4, -0.2) is 55.2 Å². The fraction of sp³-hybridized carbons (Fsp3) is 0.360. The fourth-order valence-electron chi connectivity index (χ4n) is 3.70. The number of hydrogen-bond acceptors (Lipinski definition) is 6. The van der Waals surface area contributed by atoms with Crippen LogP contribution in [0.25, 0.3) is 5.76 Å². The molecule has 1 N–H and O–H groups in total. The fourth-order valence-corrected chi connectivity index (χ4v) is 3.70. The Morgan fingerprint density at radius 1 is 1.00 bits per heavy atom. The van der Waals surface area contributed by atoms with Crippen LogP contribution in [0, 0.1) is 0 Å². The summed E-state index contributed by atoms with van der Waals surface area (Å²) in [4.78, 5) is 27.4. The van der Waals surface area contributed by atoms with Crippen molar-refractivity contribution in [2.45, 2.75) is 26.3 Å². The van der Waals surface area contributed by atoms with E-state index in [9.17, 15) is 14.7 Å². The molecule has 7 nitrogen and oxygen atoms in total. The molecule has 170 valence electrons. The molecule has 0 radical (unpaired) electrons. The van der Waals surface area contributed by atoms with Crippen LogP contribution in [0.3, 0.4) is 0 Å². The highest BCUT2D eigenvalue weighted by molar-refractivity contribution is 6.46. The average Bonchev–Trinajstić information content (AvgIpc) is 3.06. The van der Waals surface area contributed by atoms with Gasteiger partial charge < -0.3 is 24.2 Å². The van der Waals surface area contributed by atoms with Crippen molar-refractivity contribution in [1.82, 2.24) is 4.90 Å². The number of Topliss-reactive ketones (excluding diaryl/α,β-unsaturated/α-hetero) is 1. The number of hydrogen-bond donors (Lipinski definition) is 1. The largest absolute Gasteiger partial charge is 0.507 e. The standard InChI is InChI=1S/C25H29NO6/c1-4-15-32-18-12-10-17(11-13-18)23(27)21-22(19-8-6-7-9-20(19)31-5-2)26(14-16-30-3)25(29)24(21)28/h6-13,22,27H,4-5,14-16H2,1-3H3/b23-21+. The third-order valence-electron chi connectivity index (χ3n) is 5.19. The number of aliphatic hydroxyl groups excluding tert-OH is 1. The molecule has 1 amide bonds. The van der Waals surface area contributed by atoms with E-state index in [2.05, 4.69) is 0 Å².